The molecule has 3 aliphatic heterocycles. The number of piperazine rings is 1. The second-order valence-corrected chi connectivity index (χ2v) is 10.4. The van der Waals surface area contributed by atoms with Crippen molar-refractivity contribution in [3.8, 4) is 5.75 Å². The molecule has 0 unspecified atom stereocenters. The van der Waals surface area contributed by atoms with Crippen molar-refractivity contribution in [3.63, 3.8) is 0 Å². The maximum absolute atomic E-state index is 11.6. The highest BCUT2D eigenvalue weighted by molar-refractivity contribution is 5.39. The van der Waals surface area contributed by atoms with Gasteiger partial charge in [0.15, 0.2) is 0 Å². The van der Waals surface area contributed by atoms with E-state index < -0.39 is 5.60 Å². The van der Waals surface area contributed by atoms with Gasteiger partial charge in [0.2, 0.25) is 0 Å². The lowest BCUT2D eigenvalue weighted by molar-refractivity contribution is -0.0685. The normalized spacial score (nSPS) is 31.9. The Balaban J connectivity index is 1.43. The Hall–Kier alpha value is -1.14. The standard InChI is InChI=1S/C24H39N3O2/c1-23(2,17-26-13-11-25(3)12-14-26)18-27-19-9-10-20(27)16-24(28,15-19)21-7-5-6-8-22(21)29-4/h5-8,19-20,28H,9-18H2,1-4H3/t19-,20-/m1/s1. The van der Waals surface area contributed by atoms with Gasteiger partial charge in [0.1, 0.15) is 5.75 Å². The summed E-state index contributed by atoms with van der Waals surface area (Å²) in [4.78, 5) is 7.78. The lowest BCUT2D eigenvalue weighted by Gasteiger charge is -2.47. The van der Waals surface area contributed by atoms with E-state index >= 15 is 0 Å². The van der Waals surface area contributed by atoms with E-state index in [0.29, 0.717) is 12.1 Å². The first kappa shape index (κ1) is 21.1. The highest BCUT2D eigenvalue weighted by Gasteiger charge is 2.50. The van der Waals surface area contributed by atoms with Crippen LogP contribution in [0.15, 0.2) is 24.3 Å². The van der Waals surface area contributed by atoms with Gasteiger partial charge < -0.3 is 19.6 Å². The Kier molecular flexibility index (Phi) is 5.95. The zero-order valence-corrected chi connectivity index (χ0v) is 18.7. The number of benzene rings is 1. The van der Waals surface area contributed by atoms with Crippen LogP contribution in [0.5, 0.6) is 5.75 Å². The van der Waals surface area contributed by atoms with Gasteiger partial charge in [-0.15, -0.1) is 0 Å². The van der Waals surface area contributed by atoms with Crippen LogP contribution in [-0.2, 0) is 5.60 Å². The van der Waals surface area contributed by atoms with Crippen LogP contribution < -0.4 is 4.74 Å². The minimum Gasteiger partial charge on any atom is -0.496 e. The van der Waals surface area contributed by atoms with Crippen LogP contribution in [0.4, 0.5) is 0 Å². The van der Waals surface area contributed by atoms with Gasteiger partial charge in [-0.3, -0.25) is 4.90 Å². The Morgan fingerprint density at radius 1 is 1.03 bits per heavy atom. The first-order valence-corrected chi connectivity index (χ1v) is 11.3. The van der Waals surface area contributed by atoms with Crippen molar-refractivity contribution < 1.29 is 9.84 Å². The summed E-state index contributed by atoms with van der Waals surface area (Å²) < 4.78 is 5.57. The first-order valence-electron chi connectivity index (χ1n) is 11.3. The van der Waals surface area contributed by atoms with E-state index in [1.807, 2.05) is 24.3 Å². The smallest absolute Gasteiger partial charge is 0.124 e. The van der Waals surface area contributed by atoms with Crippen molar-refractivity contribution in [2.75, 3.05) is 53.4 Å². The number of nitrogens with zero attached hydrogens (tertiary/aromatic N) is 3. The molecular weight excluding hydrogens is 362 g/mol. The van der Waals surface area contributed by atoms with Gasteiger partial charge in [-0.2, -0.15) is 0 Å². The van der Waals surface area contributed by atoms with Crippen molar-refractivity contribution in [3.05, 3.63) is 29.8 Å². The number of methoxy groups -OCH3 is 1. The molecule has 162 valence electrons. The zero-order chi connectivity index (χ0) is 20.6. The third-order valence-corrected chi connectivity index (χ3v) is 7.38. The van der Waals surface area contributed by atoms with E-state index in [9.17, 15) is 5.11 Å². The molecule has 0 aliphatic carbocycles. The number of piperidine rings is 1. The van der Waals surface area contributed by atoms with Crippen molar-refractivity contribution in [2.24, 2.45) is 5.41 Å². The summed E-state index contributed by atoms with van der Waals surface area (Å²) in [5.41, 5.74) is 0.462. The van der Waals surface area contributed by atoms with Crippen LogP contribution in [0.2, 0.25) is 0 Å². The van der Waals surface area contributed by atoms with E-state index in [0.717, 1.165) is 37.2 Å². The minimum absolute atomic E-state index is 0.261. The van der Waals surface area contributed by atoms with E-state index in [4.69, 9.17) is 4.74 Å². The summed E-state index contributed by atoms with van der Waals surface area (Å²) in [5, 5.41) is 11.6. The predicted octanol–water partition coefficient (Wildman–Crippen LogP) is 2.78. The van der Waals surface area contributed by atoms with E-state index in [-0.39, 0.29) is 5.41 Å². The van der Waals surface area contributed by atoms with Gasteiger partial charge in [-0.05, 0) is 44.2 Å². The molecule has 2 bridgehead atoms. The van der Waals surface area contributed by atoms with Crippen molar-refractivity contribution in [1.29, 1.82) is 0 Å². The highest BCUT2D eigenvalue weighted by Crippen LogP contribution is 2.48. The van der Waals surface area contributed by atoms with Crippen molar-refractivity contribution in [2.45, 2.75) is 57.2 Å². The van der Waals surface area contributed by atoms with Crippen molar-refractivity contribution >= 4 is 0 Å². The van der Waals surface area contributed by atoms with Gasteiger partial charge in [-0.25, -0.2) is 0 Å². The fraction of sp³-hybridized carbons (Fsp3) is 0.750. The van der Waals surface area contributed by atoms with Gasteiger partial charge in [0, 0.05) is 56.9 Å². The van der Waals surface area contributed by atoms with Crippen LogP contribution >= 0.6 is 0 Å². The summed E-state index contributed by atoms with van der Waals surface area (Å²) in [6, 6.07) is 8.96. The average molecular weight is 402 g/mol. The molecule has 1 aromatic rings. The summed E-state index contributed by atoms with van der Waals surface area (Å²) >= 11 is 0. The summed E-state index contributed by atoms with van der Waals surface area (Å²) in [7, 11) is 3.92. The van der Waals surface area contributed by atoms with Gasteiger partial charge in [0.25, 0.3) is 0 Å². The average Bonchev–Trinajstić information content (AvgIpc) is 2.92. The lowest BCUT2D eigenvalue weighted by atomic mass is 9.79. The number of hydrogen-bond donors (Lipinski definition) is 1. The second kappa shape index (κ2) is 8.18. The van der Waals surface area contributed by atoms with Gasteiger partial charge in [-0.1, -0.05) is 32.0 Å². The SMILES string of the molecule is COc1ccccc1C1(O)C[C@H]2CC[C@H](C1)N2CC(C)(C)CN1CCN(C)CC1. The fourth-order valence-electron chi connectivity index (χ4n) is 5.98. The molecule has 3 saturated heterocycles. The van der Waals surface area contributed by atoms with Crippen LogP contribution in [-0.4, -0.2) is 85.3 Å². The first-order chi connectivity index (χ1) is 13.8. The Morgan fingerprint density at radius 3 is 2.28 bits per heavy atom. The quantitative estimate of drug-likeness (QED) is 0.794. The maximum atomic E-state index is 11.6. The molecule has 3 aliphatic rings. The Morgan fingerprint density at radius 2 is 1.66 bits per heavy atom. The number of fused-ring (bicyclic) bond motifs is 2. The maximum Gasteiger partial charge on any atom is 0.124 e. The molecule has 0 aromatic heterocycles. The van der Waals surface area contributed by atoms with Crippen LogP contribution in [0.1, 0.15) is 45.1 Å². The molecule has 0 spiro atoms. The monoisotopic (exact) mass is 401 g/mol. The molecular formula is C24H39N3O2. The number of hydrogen-bond acceptors (Lipinski definition) is 5. The topological polar surface area (TPSA) is 39.2 Å². The summed E-state index contributed by atoms with van der Waals surface area (Å²) in [5.74, 6) is 0.818. The summed E-state index contributed by atoms with van der Waals surface area (Å²) in [6.45, 7) is 11.8. The molecule has 1 N–H and O–H groups in total. The molecule has 2 atom stereocenters. The fourth-order valence-corrected chi connectivity index (χ4v) is 5.98. The van der Waals surface area contributed by atoms with Crippen LogP contribution in [0.3, 0.4) is 0 Å². The van der Waals surface area contributed by atoms with E-state index in [1.165, 1.54) is 39.0 Å². The zero-order valence-electron chi connectivity index (χ0n) is 18.7. The van der Waals surface area contributed by atoms with Gasteiger partial charge in [0.05, 0.1) is 12.7 Å². The molecule has 3 heterocycles. The molecule has 4 rings (SSSR count). The molecule has 5 nitrogen and oxygen atoms in total. The van der Waals surface area contributed by atoms with Crippen LogP contribution in [0.25, 0.3) is 0 Å². The molecule has 29 heavy (non-hydrogen) atoms. The highest BCUT2D eigenvalue weighted by atomic mass is 16.5. The third kappa shape index (κ3) is 4.48. The number of para-hydroxylation sites is 1. The molecule has 0 amide bonds. The minimum atomic E-state index is -0.767. The van der Waals surface area contributed by atoms with Crippen LogP contribution in [0, 0.1) is 5.41 Å². The molecule has 0 saturated carbocycles. The number of ether oxygens (including phenoxy) is 1. The Bertz CT molecular complexity index is 685. The number of aliphatic hydroxyl groups is 1. The molecule has 3 fully saturated rings. The molecule has 1 aromatic carbocycles. The Labute approximate surface area is 176 Å². The van der Waals surface area contributed by atoms with Crippen molar-refractivity contribution in [1.82, 2.24) is 14.7 Å². The second-order valence-electron chi connectivity index (χ2n) is 10.4. The largest absolute Gasteiger partial charge is 0.496 e. The lowest BCUT2D eigenvalue weighted by Crippen LogP contribution is -2.54. The third-order valence-electron chi connectivity index (χ3n) is 7.38. The van der Waals surface area contributed by atoms with E-state index in [2.05, 4.69) is 35.6 Å². The number of rotatable bonds is 6. The molecule has 0 radical (unpaired) electrons. The molecule has 5 heteroatoms. The van der Waals surface area contributed by atoms with Gasteiger partial charge >= 0.3 is 0 Å². The summed E-state index contributed by atoms with van der Waals surface area (Å²) in [6.07, 6.45) is 4.03. The number of likely N-dealkylation sites (N-methyl/N-ethyl adjacent to an activating group) is 1. The van der Waals surface area contributed by atoms with E-state index in [1.54, 1.807) is 7.11 Å². The predicted molar refractivity (Wildman–Crippen MR) is 117 cm³/mol.